The standard InChI is InChI=1S/C18H22N2O/c1-13-7-5-9-15(11-13)19-17(21)20-16-10-6-8-14(12-16)18(2,3)4/h5-12H,1-4H3,(H2,19,20,21). The van der Waals surface area contributed by atoms with Gasteiger partial charge in [-0.3, -0.25) is 0 Å². The predicted octanol–water partition coefficient (Wildman–Crippen LogP) is 4.94. The lowest BCUT2D eigenvalue weighted by Crippen LogP contribution is -2.20. The third-order valence-corrected chi connectivity index (χ3v) is 3.26. The Labute approximate surface area is 126 Å². The molecule has 0 saturated heterocycles. The van der Waals surface area contributed by atoms with E-state index in [0.29, 0.717) is 0 Å². The monoisotopic (exact) mass is 282 g/mol. The molecule has 2 aromatic rings. The first-order valence-electron chi connectivity index (χ1n) is 7.10. The molecule has 0 aliphatic rings. The molecule has 2 amide bonds. The second-order valence-electron chi connectivity index (χ2n) is 6.28. The normalized spacial score (nSPS) is 11.0. The minimum atomic E-state index is -0.230. The molecular formula is C18H22N2O. The number of amides is 2. The van der Waals surface area contributed by atoms with Gasteiger partial charge in [0, 0.05) is 11.4 Å². The van der Waals surface area contributed by atoms with Crippen LogP contribution in [0.2, 0.25) is 0 Å². The van der Waals surface area contributed by atoms with Gasteiger partial charge in [0.15, 0.2) is 0 Å². The lowest BCUT2D eigenvalue weighted by Gasteiger charge is -2.20. The van der Waals surface area contributed by atoms with Crippen LogP contribution >= 0.6 is 0 Å². The first-order valence-corrected chi connectivity index (χ1v) is 7.10. The third-order valence-electron chi connectivity index (χ3n) is 3.26. The van der Waals surface area contributed by atoms with Crippen LogP contribution < -0.4 is 10.6 Å². The average molecular weight is 282 g/mol. The van der Waals surface area contributed by atoms with Crippen LogP contribution in [0.15, 0.2) is 48.5 Å². The molecule has 2 rings (SSSR count). The molecule has 3 nitrogen and oxygen atoms in total. The highest BCUT2D eigenvalue weighted by molar-refractivity contribution is 5.99. The molecule has 0 bridgehead atoms. The van der Waals surface area contributed by atoms with E-state index in [1.807, 2.05) is 49.4 Å². The molecule has 21 heavy (non-hydrogen) atoms. The average Bonchev–Trinajstić information content (AvgIpc) is 2.37. The van der Waals surface area contributed by atoms with Crippen LogP contribution in [0.5, 0.6) is 0 Å². The van der Waals surface area contributed by atoms with Gasteiger partial charge in [-0.05, 0) is 47.7 Å². The van der Waals surface area contributed by atoms with E-state index in [1.54, 1.807) is 0 Å². The van der Waals surface area contributed by atoms with Gasteiger partial charge in [0.05, 0.1) is 0 Å². The number of carbonyl (C=O) groups excluding carboxylic acids is 1. The van der Waals surface area contributed by atoms with Gasteiger partial charge >= 0.3 is 6.03 Å². The SMILES string of the molecule is Cc1cccc(NC(=O)Nc2cccc(C(C)(C)C)c2)c1. The summed E-state index contributed by atoms with van der Waals surface area (Å²) in [5, 5.41) is 5.71. The van der Waals surface area contributed by atoms with E-state index in [1.165, 1.54) is 5.56 Å². The van der Waals surface area contributed by atoms with Crippen molar-refractivity contribution in [3.8, 4) is 0 Å². The van der Waals surface area contributed by atoms with Crippen molar-refractivity contribution < 1.29 is 4.79 Å². The fraction of sp³-hybridized carbons (Fsp3) is 0.278. The largest absolute Gasteiger partial charge is 0.323 e. The fourth-order valence-corrected chi connectivity index (χ4v) is 2.08. The van der Waals surface area contributed by atoms with Crippen molar-refractivity contribution in [2.75, 3.05) is 10.6 Å². The van der Waals surface area contributed by atoms with Crippen LogP contribution in [0.1, 0.15) is 31.9 Å². The molecule has 3 heteroatoms. The van der Waals surface area contributed by atoms with Gasteiger partial charge in [-0.25, -0.2) is 4.79 Å². The van der Waals surface area contributed by atoms with Gasteiger partial charge in [0.1, 0.15) is 0 Å². The van der Waals surface area contributed by atoms with E-state index in [-0.39, 0.29) is 11.4 Å². The molecule has 0 radical (unpaired) electrons. The van der Waals surface area contributed by atoms with Gasteiger partial charge in [-0.2, -0.15) is 0 Å². The zero-order valence-electron chi connectivity index (χ0n) is 13.0. The lowest BCUT2D eigenvalue weighted by atomic mass is 9.87. The molecule has 0 unspecified atom stereocenters. The van der Waals surface area contributed by atoms with Gasteiger partial charge in [0.2, 0.25) is 0 Å². The zero-order valence-corrected chi connectivity index (χ0v) is 13.0. The topological polar surface area (TPSA) is 41.1 Å². The molecule has 2 N–H and O–H groups in total. The molecule has 110 valence electrons. The molecular weight excluding hydrogens is 260 g/mol. The Kier molecular flexibility index (Phi) is 4.32. The molecule has 0 spiro atoms. The lowest BCUT2D eigenvalue weighted by molar-refractivity contribution is 0.262. The van der Waals surface area contributed by atoms with Crippen LogP contribution in [0, 0.1) is 6.92 Å². The van der Waals surface area contributed by atoms with Crippen molar-refractivity contribution in [3.05, 3.63) is 59.7 Å². The van der Waals surface area contributed by atoms with Crippen LogP contribution in [0.3, 0.4) is 0 Å². The molecule has 0 saturated carbocycles. The minimum absolute atomic E-state index is 0.0602. The quantitative estimate of drug-likeness (QED) is 0.805. The minimum Gasteiger partial charge on any atom is -0.308 e. The second-order valence-corrected chi connectivity index (χ2v) is 6.28. The smallest absolute Gasteiger partial charge is 0.308 e. The maximum Gasteiger partial charge on any atom is 0.323 e. The maximum absolute atomic E-state index is 12.0. The summed E-state index contributed by atoms with van der Waals surface area (Å²) in [5.41, 5.74) is 3.95. The molecule has 0 aliphatic heterocycles. The van der Waals surface area contributed by atoms with E-state index in [9.17, 15) is 4.79 Å². The van der Waals surface area contributed by atoms with Gasteiger partial charge in [0.25, 0.3) is 0 Å². The van der Waals surface area contributed by atoms with Crippen molar-refractivity contribution in [3.63, 3.8) is 0 Å². The summed E-state index contributed by atoms with van der Waals surface area (Å²) >= 11 is 0. The van der Waals surface area contributed by atoms with Crippen molar-refractivity contribution in [2.45, 2.75) is 33.1 Å². The Balaban J connectivity index is 2.06. The molecule has 0 fully saturated rings. The third kappa shape index (κ3) is 4.35. The Morgan fingerprint density at radius 1 is 0.905 bits per heavy atom. The molecule has 0 heterocycles. The van der Waals surface area contributed by atoms with E-state index < -0.39 is 0 Å². The number of carbonyl (C=O) groups is 1. The highest BCUT2D eigenvalue weighted by Crippen LogP contribution is 2.24. The first-order chi connectivity index (χ1) is 9.84. The molecule has 0 aliphatic carbocycles. The Morgan fingerprint density at radius 2 is 1.48 bits per heavy atom. The van der Waals surface area contributed by atoms with Gasteiger partial charge in [-0.15, -0.1) is 0 Å². The van der Waals surface area contributed by atoms with E-state index in [2.05, 4.69) is 37.5 Å². The summed E-state index contributed by atoms with van der Waals surface area (Å²) in [6.07, 6.45) is 0. The number of hydrogen-bond donors (Lipinski definition) is 2. The molecule has 2 aromatic carbocycles. The summed E-state index contributed by atoms with van der Waals surface area (Å²) in [6, 6.07) is 15.4. The summed E-state index contributed by atoms with van der Waals surface area (Å²) in [4.78, 5) is 12.0. The summed E-state index contributed by atoms with van der Waals surface area (Å²) in [5.74, 6) is 0. The maximum atomic E-state index is 12.0. The number of hydrogen-bond acceptors (Lipinski definition) is 1. The second kappa shape index (κ2) is 6.00. The number of rotatable bonds is 2. The van der Waals surface area contributed by atoms with E-state index in [0.717, 1.165) is 16.9 Å². The van der Waals surface area contributed by atoms with Crippen LogP contribution in [0.25, 0.3) is 0 Å². The molecule has 0 atom stereocenters. The van der Waals surface area contributed by atoms with Crippen LogP contribution in [-0.4, -0.2) is 6.03 Å². The first kappa shape index (κ1) is 15.1. The van der Waals surface area contributed by atoms with Gasteiger partial charge in [-0.1, -0.05) is 45.0 Å². The van der Waals surface area contributed by atoms with Crippen molar-refractivity contribution in [1.82, 2.24) is 0 Å². The number of anilines is 2. The highest BCUT2D eigenvalue weighted by atomic mass is 16.2. The van der Waals surface area contributed by atoms with E-state index >= 15 is 0 Å². The Hall–Kier alpha value is -2.29. The van der Waals surface area contributed by atoms with Gasteiger partial charge < -0.3 is 10.6 Å². The number of aryl methyl sites for hydroxylation is 1. The number of urea groups is 1. The summed E-state index contributed by atoms with van der Waals surface area (Å²) < 4.78 is 0. The number of nitrogens with one attached hydrogen (secondary N) is 2. The molecule has 0 aromatic heterocycles. The van der Waals surface area contributed by atoms with E-state index in [4.69, 9.17) is 0 Å². The van der Waals surface area contributed by atoms with Crippen molar-refractivity contribution >= 4 is 17.4 Å². The Morgan fingerprint density at radius 3 is 2.05 bits per heavy atom. The fourth-order valence-electron chi connectivity index (χ4n) is 2.08. The van der Waals surface area contributed by atoms with Crippen molar-refractivity contribution in [2.24, 2.45) is 0 Å². The predicted molar refractivity (Wildman–Crippen MR) is 89.0 cm³/mol. The van der Waals surface area contributed by atoms with Crippen LogP contribution in [0.4, 0.5) is 16.2 Å². The summed E-state index contributed by atoms with van der Waals surface area (Å²) in [7, 11) is 0. The van der Waals surface area contributed by atoms with Crippen LogP contribution in [-0.2, 0) is 5.41 Å². The Bertz CT molecular complexity index is 642. The zero-order chi connectivity index (χ0) is 15.5. The highest BCUT2D eigenvalue weighted by Gasteiger charge is 2.14. The summed E-state index contributed by atoms with van der Waals surface area (Å²) in [6.45, 7) is 8.45. The van der Waals surface area contributed by atoms with Crippen molar-refractivity contribution in [1.29, 1.82) is 0 Å². The number of benzene rings is 2.